The molecular weight excluding hydrogens is 340 g/mol. The second-order valence-corrected chi connectivity index (χ2v) is 8.83. The lowest BCUT2D eigenvalue weighted by atomic mass is 9.93. The van der Waals surface area contributed by atoms with E-state index in [0.29, 0.717) is 0 Å². The van der Waals surface area contributed by atoms with E-state index in [1.807, 2.05) is 13.8 Å². The standard InChI is InChI=1S/C18H24N2O4S/c1-13(2)20(14-8-4-3-5-9-14)17(21)12-19-18(22)15-10-6-7-11-16(15)25(19,23)24/h6-7,10-11,13-14H,3-5,8-9,12H2,1-2H3. The van der Waals surface area contributed by atoms with Gasteiger partial charge in [0.05, 0.1) is 5.56 Å². The summed E-state index contributed by atoms with van der Waals surface area (Å²) in [5.41, 5.74) is 0.143. The van der Waals surface area contributed by atoms with Gasteiger partial charge in [-0.25, -0.2) is 12.7 Å². The molecule has 6 nitrogen and oxygen atoms in total. The van der Waals surface area contributed by atoms with E-state index in [1.165, 1.54) is 18.6 Å². The smallest absolute Gasteiger partial charge is 0.269 e. The predicted molar refractivity (Wildman–Crippen MR) is 93.5 cm³/mol. The van der Waals surface area contributed by atoms with Crippen molar-refractivity contribution in [2.45, 2.75) is 62.9 Å². The van der Waals surface area contributed by atoms with E-state index >= 15 is 0 Å². The predicted octanol–water partition coefficient (Wildman–Crippen LogP) is 2.40. The van der Waals surface area contributed by atoms with Crippen LogP contribution in [-0.2, 0) is 14.8 Å². The van der Waals surface area contributed by atoms with Crippen molar-refractivity contribution in [3.8, 4) is 0 Å². The fourth-order valence-electron chi connectivity index (χ4n) is 3.86. The summed E-state index contributed by atoms with van der Waals surface area (Å²) in [5, 5.41) is 0. The Morgan fingerprint density at radius 3 is 2.44 bits per heavy atom. The van der Waals surface area contributed by atoms with Crippen LogP contribution in [-0.4, -0.2) is 48.1 Å². The van der Waals surface area contributed by atoms with E-state index in [1.54, 1.807) is 17.0 Å². The SMILES string of the molecule is CC(C)N(C(=O)CN1C(=O)c2ccccc2S1(=O)=O)C1CCCCC1. The summed E-state index contributed by atoms with van der Waals surface area (Å²) in [4.78, 5) is 27.1. The molecule has 0 saturated heterocycles. The van der Waals surface area contributed by atoms with Crippen molar-refractivity contribution >= 4 is 21.8 Å². The van der Waals surface area contributed by atoms with Crippen LogP contribution in [0, 0.1) is 0 Å². The number of hydrogen-bond donors (Lipinski definition) is 0. The van der Waals surface area contributed by atoms with Gasteiger partial charge in [-0.1, -0.05) is 31.4 Å². The highest BCUT2D eigenvalue weighted by molar-refractivity contribution is 7.90. The Labute approximate surface area is 148 Å². The lowest BCUT2D eigenvalue weighted by molar-refractivity contribution is -0.136. The Bertz CT molecular complexity index is 782. The van der Waals surface area contributed by atoms with Crippen molar-refractivity contribution < 1.29 is 18.0 Å². The molecule has 1 aromatic rings. The van der Waals surface area contributed by atoms with Gasteiger partial charge in [0, 0.05) is 12.1 Å². The van der Waals surface area contributed by atoms with E-state index in [0.717, 1.165) is 30.0 Å². The summed E-state index contributed by atoms with van der Waals surface area (Å²) in [6.45, 7) is 3.44. The third-order valence-corrected chi connectivity index (χ3v) is 6.79. The van der Waals surface area contributed by atoms with Gasteiger partial charge in [0.2, 0.25) is 5.91 Å². The number of amides is 2. The summed E-state index contributed by atoms with van der Waals surface area (Å²) in [5.74, 6) is -0.914. The summed E-state index contributed by atoms with van der Waals surface area (Å²) in [6, 6.07) is 6.20. The van der Waals surface area contributed by atoms with Gasteiger partial charge in [-0.3, -0.25) is 9.59 Å². The average Bonchev–Trinajstić information content (AvgIpc) is 2.77. The zero-order chi connectivity index (χ0) is 18.2. The monoisotopic (exact) mass is 364 g/mol. The van der Waals surface area contributed by atoms with Crippen LogP contribution in [0.4, 0.5) is 0 Å². The second-order valence-electron chi connectivity index (χ2n) is 7.00. The molecular formula is C18H24N2O4S. The van der Waals surface area contributed by atoms with Crippen LogP contribution in [0.25, 0.3) is 0 Å². The highest BCUT2D eigenvalue weighted by Gasteiger charge is 2.43. The van der Waals surface area contributed by atoms with Crippen LogP contribution >= 0.6 is 0 Å². The molecule has 25 heavy (non-hydrogen) atoms. The first-order valence-electron chi connectivity index (χ1n) is 8.81. The van der Waals surface area contributed by atoms with Crippen LogP contribution in [0.1, 0.15) is 56.3 Å². The van der Waals surface area contributed by atoms with Gasteiger partial charge in [0.15, 0.2) is 0 Å². The van der Waals surface area contributed by atoms with Crippen molar-refractivity contribution in [1.82, 2.24) is 9.21 Å². The van der Waals surface area contributed by atoms with Crippen LogP contribution in [0.5, 0.6) is 0 Å². The summed E-state index contributed by atoms with van der Waals surface area (Å²) < 4.78 is 26.0. The zero-order valence-electron chi connectivity index (χ0n) is 14.6. The number of nitrogens with zero attached hydrogens (tertiary/aromatic N) is 2. The molecule has 136 valence electrons. The summed E-state index contributed by atoms with van der Waals surface area (Å²) in [7, 11) is -3.94. The molecule has 2 aliphatic rings. The number of carbonyl (C=O) groups is 2. The molecule has 1 aromatic carbocycles. The normalized spacial score (nSPS) is 20.0. The Kier molecular flexibility index (Phi) is 4.86. The molecule has 0 aromatic heterocycles. The maximum atomic E-state index is 12.9. The number of hydrogen-bond acceptors (Lipinski definition) is 4. The van der Waals surface area contributed by atoms with Crippen LogP contribution in [0.3, 0.4) is 0 Å². The number of sulfonamides is 1. The fraction of sp³-hybridized carbons (Fsp3) is 0.556. The molecule has 2 amide bonds. The number of carbonyl (C=O) groups excluding carboxylic acids is 2. The number of benzene rings is 1. The Morgan fingerprint density at radius 2 is 1.84 bits per heavy atom. The molecule has 7 heteroatoms. The Hall–Kier alpha value is -1.89. The molecule has 0 N–H and O–H groups in total. The minimum atomic E-state index is -3.94. The summed E-state index contributed by atoms with van der Waals surface area (Å²) in [6.07, 6.45) is 5.20. The van der Waals surface area contributed by atoms with E-state index < -0.39 is 22.5 Å². The van der Waals surface area contributed by atoms with E-state index in [9.17, 15) is 18.0 Å². The van der Waals surface area contributed by atoms with Crippen molar-refractivity contribution in [3.05, 3.63) is 29.8 Å². The molecule has 1 aliphatic carbocycles. The van der Waals surface area contributed by atoms with Gasteiger partial charge in [0.25, 0.3) is 15.9 Å². The highest BCUT2D eigenvalue weighted by Crippen LogP contribution is 2.30. The zero-order valence-corrected chi connectivity index (χ0v) is 15.5. The molecule has 1 heterocycles. The van der Waals surface area contributed by atoms with E-state index in [2.05, 4.69) is 0 Å². The van der Waals surface area contributed by atoms with Crippen molar-refractivity contribution in [2.24, 2.45) is 0 Å². The molecule has 0 spiro atoms. The molecule has 3 rings (SSSR count). The van der Waals surface area contributed by atoms with Crippen LogP contribution in [0.15, 0.2) is 29.2 Å². The molecule has 1 aliphatic heterocycles. The first-order valence-corrected chi connectivity index (χ1v) is 10.3. The van der Waals surface area contributed by atoms with Gasteiger partial charge in [0.1, 0.15) is 11.4 Å². The maximum absolute atomic E-state index is 12.9. The minimum Gasteiger partial charge on any atom is -0.336 e. The van der Waals surface area contributed by atoms with Crippen LogP contribution < -0.4 is 0 Å². The third kappa shape index (κ3) is 3.17. The highest BCUT2D eigenvalue weighted by atomic mass is 32.2. The minimum absolute atomic E-state index is 0.0124. The quantitative estimate of drug-likeness (QED) is 0.822. The first kappa shape index (κ1) is 17.9. The molecule has 1 saturated carbocycles. The van der Waals surface area contributed by atoms with Gasteiger partial charge in [-0.15, -0.1) is 0 Å². The van der Waals surface area contributed by atoms with Crippen molar-refractivity contribution in [1.29, 1.82) is 0 Å². The number of fused-ring (bicyclic) bond motifs is 1. The largest absolute Gasteiger partial charge is 0.336 e. The first-order chi connectivity index (χ1) is 11.8. The van der Waals surface area contributed by atoms with Gasteiger partial charge < -0.3 is 4.90 Å². The Balaban J connectivity index is 1.83. The van der Waals surface area contributed by atoms with Gasteiger partial charge in [-0.2, -0.15) is 0 Å². The molecule has 0 bridgehead atoms. The fourth-order valence-corrected chi connectivity index (χ4v) is 5.38. The van der Waals surface area contributed by atoms with Crippen LogP contribution in [0.2, 0.25) is 0 Å². The van der Waals surface area contributed by atoms with Crippen molar-refractivity contribution in [2.75, 3.05) is 6.54 Å². The van der Waals surface area contributed by atoms with Gasteiger partial charge >= 0.3 is 0 Å². The average molecular weight is 364 g/mol. The lowest BCUT2D eigenvalue weighted by Gasteiger charge is -2.38. The molecule has 1 fully saturated rings. The molecule has 0 atom stereocenters. The third-order valence-electron chi connectivity index (χ3n) is 5.00. The van der Waals surface area contributed by atoms with E-state index in [4.69, 9.17) is 0 Å². The maximum Gasteiger partial charge on any atom is 0.269 e. The van der Waals surface area contributed by atoms with E-state index in [-0.39, 0.29) is 28.4 Å². The molecule has 0 unspecified atom stereocenters. The Morgan fingerprint density at radius 1 is 1.20 bits per heavy atom. The lowest BCUT2D eigenvalue weighted by Crippen LogP contribution is -2.50. The van der Waals surface area contributed by atoms with Gasteiger partial charge in [-0.05, 0) is 38.8 Å². The van der Waals surface area contributed by atoms with Crippen molar-refractivity contribution in [3.63, 3.8) is 0 Å². The molecule has 0 radical (unpaired) electrons. The second kappa shape index (κ2) is 6.78. The topological polar surface area (TPSA) is 74.8 Å². The number of rotatable bonds is 4. The summed E-state index contributed by atoms with van der Waals surface area (Å²) >= 11 is 0.